The second-order valence-corrected chi connectivity index (χ2v) is 21.1. The maximum absolute atomic E-state index is 15.4. The molecule has 2 aliphatic rings. The molecule has 0 radical (unpaired) electrons. The van der Waals surface area contributed by atoms with E-state index in [2.05, 4.69) is 20.9 Å². The molecule has 0 saturated carbocycles. The molecule has 3 heterocycles. The van der Waals surface area contributed by atoms with Crippen molar-refractivity contribution in [2.24, 2.45) is 13.0 Å². The molecule has 2 saturated heterocycles. The van der Waals surface area contributed by atoms with Gasteiger partial charge in [0.25, 0.3) is 0 Å². The molecule has 0 unspecified atom stereocenters. The Morgan fingerprint density at radius 2 is 1.64 bits per heavy atom. The minimum Gasteiger partial charge on any atom is -0.457 e. The van der Waals surface area contributed by atoms with Crippen molar-refractivity contribution in [1.29, 1.82) is 0 Å². The van der Waals surface area contributed by atoms with Crippen LogP contribution in [0.25, 0.3) is 11.3 Å². The number of benzene rings is 4. The van der Waals surface area contributed by atoms with Crippen LogP contribution < -0.4 is 20.7 Å². The summed E-state index contributed by atoms with van der Waals surface area (Å²) in [5.41, 5.74) is 2.15. The standard InChI is InChI=1S/C55H66Cl2N8O8/c1-54(2,3)73-53(71)58-25-23-45-51(69)60-44(34-66)50(68)61-55(30-37-13-18-41(56)19-14-37)24-10-26-64(35-55)52(70)40(27-36-11-8-7-9-12-36)28-49(67)65(45)32-39-15-20-42(57)29-47(39)72-43-21-16-38(17-22-43)46-31-59-48(63(46)6)33-62(4)5/h7-9,11-22,29,31,40,44-45,66H,10,23-28,30,32-35H2,1-6H3,(H,58,71)(H,60,69)(H,61,68)/t40-,44+,45+,55-/m1/s1. The molecule has 4 N–H and O–H groups in total. The first-order chi connectivity index (χ1) is 34.8. The summed E-state index contributed by atoms with van der Waals surface area (Å²) in [6.07, 6.45) is 2.17. The summed E-state index contributed by atoms with van der Waals surface area (Å²) in [6.45, 7) is 5.18. The largest absolute Gasteiger partial charge is 0.457 e. The van der Waals surface area contributed by atoms with Crippen LogP contribution in [0.4, 0.5) is 4.79 Å². The van der Waals surface area contributed by atoms with Gasteiger partial charge in [-0.05, 0) is 127 Å². The Kier molecular flexibility index (Phi) is 17.9. The molecule has 2 bridgehead atoms. The van der Waals surface area contributed by atoms with E-state index in [1.807, 2.05) is 104 Å². The molecule has 4 aromatic carbocycles. The molecule has 5 amide bonds. The van der Waals surface area contributed by atoms with Gasteiger partial charge in [-0.1, -0.05) is 71.7 Å². The van der Waals surface area contributed by atoms with Crippen LogP contribution in [-0.4, -0.2) is 123 Å². The molecule has 18 heteroatoms. The number of rotatable bonds is 15. The summed E-state index contributed by atoms with van der Waals surface area (Å²) in [4.78, 5) is 82.8. The third-order valence-corrected chi connectivity index (χ3v) is 13.5. The van der Waals surface area contributed by atoms with Crippen molar-refractivity contribution >= 4 is 52.9 Å². The first-order valence-corrected chi connectivity index (χ1v) is 25.3. The Hall–Kier alpha value is -6.46. The van der Waals surface area contributed by atoms with Crippen LogP contribution in [0.1, 0.15) is 69.0 Å². The van der Waals surface area contributed by atoms with E-state index >= 15 is 9.59 Å². The van der Waals surface area contributed by atoms with E-state index in [1.165, 1.54) is 4.90 Å². The van der Waals surface area contributed by atoms with Gasteiger partial charge >= 0.3 is 6.09 Å². The summed E-state index contributed by atoms with van der Waals surface area (Å²) in [7, 11) is 5.94. The average molecular weight is 1040 g/mol. The third-order valence-electron chi connectivity index (χ3n) is 13.0. The minimum atomic E-state index is -1.46. The van der Waals surface area contributed by atoms with E-state index in [9.17, 15) is 19.5 Å². The molecule has 2 aliphatic heterocycles. The second kappa shape index (κ2) is 24.1. The van der Waals surface area contributed by atoms with Gasteiger partial charge in [0, 0.05) is 54.3 Å². The lowest BCUT2D eigenvalue weighted by atomic mass is 9.81. The van der Waals surface area contributed by atoms with Gasteiger partial charge in [0.1, 0.15) is 35.0 Å². The van der Waals surface area contributed by atoms with E-state index < -0.39 is 59.6 Å². The first-order valence-electron chi connectivity index (χ1n) is 24.6. The number of hydrogen-bond acceptors (Lipinski definition) is 10. The van der Waals surface area contributed by atoms with Crippen molar-refractivity contribution in [1.82, 2.24) is 40.2 Å². The number of ether oxygens (including phenoxy) is 2. The van der Waals surface area contributed by atoms with Crippen LogP contribution in [0.2, 0.25) is 10.0 Å². The van der Waals surface area contributed by atoms with Crippen LogP contribution >= 0.6 is 23.2 Å². The molecule has 16 nitrogen and oxygen atoms in total. The molecular formula is C55H66Cl2N8O8. The number of hydrogen-bond donors (Lipinski definition) is 4. The molecule has 388 valence electrons. The fourth-order valence-electron chi connectivity index (χ4n) is 9.48. The Morgan fingerprint density at radius 3 is 2.33 bits per heavy atom. The molecule has 7 rings (SSSR count). The Balaban J connectivity index is 1.28. The number of aliphatic hydroxyl groups excluding tert-OH is 1. The number of imidazole rings is 1. The number of aromatic nitrogens is 2. The fraction of sp³-hybridized carbons (Fsp3) is 0.418. The summed E-state index contributed by atoms with van der Waals surface area (Å²) in [6, 6.07) is 26.3. The maximum atomic E-state index is 15.4. The number of nitrogens with one attached hydrogen (secondary N) is 3. The number of nitrogens with zero attached hydrogens (tertiary/aromatic N) is 5. The van der Waals surface area contributed by atoms with Gasteiger partial charge in [0.05, 0.1) is 43.0 Å². The van der Waals surface area contributed by atoms with E-state index in [-0.39, 0.29) is 44.8 Å². The zero-order valence-corrected chi connectivity index (χ0v) is 43.8. The zero-order chi connectivity index (χ0) is 52.5. The summed E-state index contributed by atoms with van der Waals surface area (Å²) < 4.78 is 14.1. The zero-order valence-electron chi connectivity index (χ0n) is 42.3. The number of alkyl carbamates (subject to hydrolysis) is 1. The first kappa shape index (κ1) is 54.3. The fourth-order valence-corrected chi connectivity index (χ4v) is 9.76. The van der Waals surface area contributed by atoms with Gasteiger partial charge in [-0.2, -0.15) is 0 Å². The second-order valence-electron chi connectivity index (χ2n) is 20.3. The highest BCUT2D eigenvalue weighted by Crippen LogP contribution is 2.34. The Labute approximate surface area is 437 Å². The normalized spacial score (nSPS) is 20.1. The maximum Gasteiger partial charge on any atom is 0.407 e. The topological polar surface area (TPSA) is 188 Å². The van der Waals surface area contributed by atoms with Gasteiger partial charge in [-0.15, -0.1) is 0 Å². The highest BCUT2D eigenvalue weighted by atomic mass is 35.5. The van der Waals surface area contributed by atoms with Crippen LogP contribution in [0.3, 0.4) is 0 Å². The van der Waals surface area contributed by atoms with E-state index in [1.54, 1.807) is 56.0 Å². The molecule has 5 aromatic rings. The number of amides is 5. The quantitative estimate of drug-likeness (QED) is 0.0828. The number of carbonyl (C=O) groups excluding carboxylic acids is 5. The lowest BCUT2D eigenvalue weighted by Gasteiger charge is -2.45. The number of fused-ring (bicyclic) bond motifs is 2. The smallest absolute Gasteiger partial charge is 0.407 e. The minimum absolute atomic E-state index is 0.112. The predicted molar refractivity (Wildman–Crippen MR) is 280 cm³/mol. The summed E-state index contributed by atoms with van der Waals surface area (Å²) in [5.74, 6) is -1.51. The Morgan fingerprint density at radius 1 is 0.932 bits per heavy atom. The van der Waals surface area contributed by atoms with Gasteiger partial charge in [0.2, 0.25) is 23.6 Å². The summed E-state index contributed by atoms with van der Waals surface area (Å²) in [5, 5.41) is 20.3. The highest BCUT2D eigenvalue weighted by Gasteiger charge is 2.43. The average Bonchev–Trinajstić information content (AvgIpc) is 3.70. The van der Waals surface area contributed by atoms with Crippen LogP contribution in [0, 0.1) is 5.92 Å². The number of carbonyl (C=O) groups is 5. The summed E-state index contributed by atoms with van der Waals surface area (Å²) >= 11 is 12.9. The van der Waals surface area contributed by atoms with E-state index in [4.69, 9.17) is 32.7 Å². The van der Waals surface area contributed by atoms with Crippen molar-refractivity contribution in [3.63, 3.8) is 0 Å². The Bertz CT molecular complexity index is 2730. The lowest BCUT2D eigenvalue weighted by molar-refractivity contribution is -0.148. The molecule has 1 aromatic heterocycles. The molecule has 2 fully saturated rings. The van der Waals surface area contributed by atoms with Crippen LogP contribution in [0.15, 0.2) is 103 Å². The van der Waals surface area contributed by atoms with Crippen molar-refractivity contribution < 1.29 is 38.6 Å². The van der Waals surface area contributed by atoms with Crippen LogP contribution in [0.5, 0.6) is 11.5 Å². The van der Waals surface area contributed by atoms with Crippen molar-refractivity contribution in [3.8, 4) is 22.8 Å². The highest BCUT2D eigenvalue weighted by molar-refractivity contribution is 6.31. The molecule has 4 atom stereocenters. The number of halogens is 2. The van der Waals surface area contributed by atoms with Gasteiger partial charge in [-0.25, -0.2) is 9.78 Å². The molecule has 0 aliphatic carbocycles. The third kappa shape index (κ3) is 14.6. The SMILES string of the molecule is CN(C)Cc1ncc(-c2ccc(Oc3cc(Cl)ccc3CN3C(=O)C[C@@H](Cc4ccccc4)C(=O)N4CCC[C@@](Cc5ccc(Cl)cc5)(C4)NC(=O)[C@H](CO)NC(=O)[C@@H]3CCNC(=O)OC(C)(C)C)cc2)n1C. The molecule has 73 heavy (non-hydrogen) atoms. The van der Waals surface area contributed by atoms with Gasteiger partial charge < -0.3 is 49.8 Å². The van der Waals surface area contributed by atoms with Crippen molar-refractivity contribution in [2.75, 3.05) is 40.3 Å². The number of piperidine rings is 1. The molecule has 0 spiro atoms. The lowest BCUT2D eigenvalue weighted by Crippen LogP contribution is -2.65. The van der Waals surface area contributed by atoms with Crippen molar-refractivity contribution in [2.45, 2.75) is 95.6 Å². The van der Waals surface area contributed by atoms with Gasteiger partial charge in [0.15, 0.2) is 0 Å². The van der Waals surface area contributed by atoms with Crippen molar-refractivity contribution in [3.05, 3.63) is 136 Å². The van der Waals surface area contributed by atoms with Gasteiger partial charge in [-0.3, -0.25) is 19.2 Å². The monoisotopic (exact) mass is 1040 g/mol. The predicted octanol–water partition coefficient (Wildman–Crippen LogP) is 7.32. The van der Waals surface area contributed by atoms with Crippen LogP contribution in [-0.2, 0) is 56.9 Å². The number of aliphatic hydroxyl groups is 1. The van der Waals surface area contributed by atoms with E-state index in [0.29, 0.717) is 59.5 Å². The molecular weight excluding hydrogens is 972 g/mol. The van der Waals surface area contributed by atoms with E-state index in [0.717, 1.165) is 28.2 Å².